The molecule has 4 heteroatoms. The van der Waals surface area contributed by atoms with Crippen LogP contribution in [0.1, 0.15) is 47.7 Å². The number of benzene rings is 3. The third kappa shape index (κ3) is 6.41. The zero-order chi connectivity index (χ0) is 21.9. The summed E-state index contributed by atoms with van der Waals surface area (Å²) in [7, 11) is 0. The van der Waals surface area contributed by atoms with E-state index in [2.05, 4.69) is 0 Å². The van der Waals surface area contributed by atoms with E-state index < -0.39 is 5.97 Å². The highest BCUT2D eigenvalue weighted by atomic mass is 16.7. The second-order valence-electron chi connectivity index (χ2n) is 7.15. The summed E-state index contributed by atoms with van der Waals surface area (Å²) in [5.41, 5.74) is 3.45. The van der Waals surface area contributed by atoms with Crippen LogP contribution in [-0.2, 0) is 9.63 Å². The lowest BCUT2D eigenvalue weighted by atomic mass is 9.97. The summed E-state index contributed by atoms with van der Waals surface area (Å²) < 4.78 is 0. The van der Waals surface area contributed by atoms with Gasteiger partial charge < -0.3 is 4.84 Å². The topological polar surface area (TPSA) is 46.6 Å². The first-order chi connectivity index (χ1) is 15.2. The molecule has 0 heterocycles. The van der Waals surface area contributed by atoms with Gasteiger partial charge in [-0.25, -0.2) is 4.79 Å². The molecule has 0 saturated carbocycles. The van der Waals surface area contributed by atoms with Gasteiger partial charge in [0.05, 0.1) is 12.1 Å². The number of hydrogen-bond donors (Lipinski definition) is 0. The molecule has 3 aromatic rings. The predicted octanol–water partition coefficient (Wildman–Crippen LogP) is 5.91. The second-order valence-corrected chi connectivity index (χ2v) is 7.15. The quantitative estimate of drug-likeness (QED) is 0.431. The maximum atomic E-state index is 13.0. The number of amides is 1. The summed E-state index contributed by atoms with van der Waals surface area (Å²) in [4.78, 5) is 30.9. The van der Waals surface area contributed by atoms with E-state index in [0.717, 1.165) is 29.5 Å². The summed E-state index contributed by atoms with van der Waals surface area (Å²) in [6, 6.07) is 28.6. The number of unbranched alkanes of at least 4 members (excludes halogenated alkanes) is 1. The largest absolute Gasteiger partial charge is 0.363 e. The number of rotatable bonds is 8. The van der Waals surface area contributed by atoms with Crippen LogP contribution in [0.5, 0.6) is 0 Å². The molecule has 0 aliphatic rings. The summed E-state index contributed by atoms with van der Waals surface area (Å²) in [6.45, 7) is 2.40. The van der Waals surface area contributed by atoms with Crippen LogP contribution >= 0.6 is 0 Å². The van der Waals surface area contributed by atoms with Gasteiger partial charge >= 0.3 is 5.97 Å². The van der Waals surface area contributed by atoms with Crippen LogP contribution < -0.4 is 0 Å². The van der Waals surface area contributed by atoms with Gasteiger partial charge in [-0.05, 0) is 35.3 Å². The minimum Gasteiger partial charge on any atom is -0.333 e. The van der Waals surface area contributed by atoms with Crippen molar-refractivity contribution < 1.29 is 14.4 Å². The van der Waals surface area contributed by atoms with E-state index in [0.29, 0.717) is 12.1 Å². The smallest absolute Gasteiger partial charge is 0.333 e. The average Bonchev–Trinajstić information content (AvgIpc) is 2.83. The SMILES string of the molecule is CCCCN(OC(=O)c1ccccc1)C(=O)CC=C(c1ccccc1)c1ccccc1. The highest BCUT2D eigenvalue weighted by Gasteiger charge is 2.19. The predicted molar refractivity (Wildman–Crippen MR) is 123 cm³/mol. The fourth-order valence-electron chi connectivity index (χ4n) is 3.18. The van der Waals surface area contributed by atoms with Crippen LogP contribution in [0.3, 0.4) is 0 Å². The van der Waals surface area contributed by atoms with E-state index >= 15 is 0 Å². The van der Waals surface area contributed by atoms with E-state index in [1.807, 2.05) is 79.7 Å². The van der Waals surface area contributed by atoms with Gasteiger partial charge in [-0.1, -0.05) is 98.3 Å². The van der Waals surface area contributed by atoms with E-state index in [-0.39, 0.29) is 12.3 Å². The lowest BCUT2D eigenvalue weighted by molar-refractivity contribution is -0.166. The van der Waals surface area contributed by atoms with Crippen LogP contribution in [0.2, 0.25) is 0 Å². The van der Waals surface area contributed by atoms with E-state index in [1.54, 1.807) is 24.3 Å². The fourth-order valence-corrected chi connectivity index (χ4v) is 3.18. The molecule has 0 aromatic heterocycles. The minimum atomic E-state index is -0.527. The second kappa shape index (κ2) is 11.5. The molecular weight excluding hydrogens is 386 g/mol. The van der Waals surface area contributed by atoms with Gasteiger partial charge in [0, 0.05) is 6.42 Å². The molecular formula is C27H27NO3. The monoisotopic (exact) mass is 413 g/mol. The Labute approximate surface area is 183 Å². The van der Waals surface area contributed by atoms with Crippen LogP contribution in [0.4, 0.5) is 0 Å². The van der Waals surface area contributed by atoms with Crippen molar-refractivity contribution in [2.24, 2.45) is 0 Å². The van der Waals surface area contributed by atoms with Crippen molar-refractivity contribution in [1.82, 2.24) is 5.06 Å². The summed E-state index contributed by atoms with van der Waals surface area (Å²) >= 11 is 0. The van der Waals surface area contributed by atoms with E-state index in [9.17, 15) is 9.59 Å². The first-order valence-electron chi connectivity index (χ1n) is 10.6. The maximum Gasteiger partial charge on any atom is 0.363 e. The Hall–Kier alpha value is -3.66. The van der Waals surface area contributed by atoms with Crippen molar-refractivity contribution in [3.63, 3.8) is 0 Å². The highest BCUT2D eigenvalue weighted by Crippen LogP contribution is 2.24. The molecule has 0 unspecified atom stereocenters. The molecule has 0 spiro atoms. The summed E-state index contributed by atoms with van der Waals surface area (Å²) in [6.07, 6.45) is 3.68. The van der Waals surface area contributed by atoms with Gasteiger partial charge in [-0.3, -0.25) is 4.79 Å². The average molecular weight is 414 g/mol. The van der Waals surface area contributed by atoms with Gasteiger partial charge in [0.25, 0.3) is 5.91 Å². The standard InChI is InChI=1S/C27H27NO3/c1-2-3-21-28(31-27(30)24-17-11-6-12-18-24)26(29)20-19-25(22-13-7-4-8-14-22)23-15-9-5-10-16-23/h4-19H,2-3,20-21H2,1H3. The van der Waals surface area contributed by atoms with E-state index in [1.165, 1.54) is 5.06 Å². The van der Waals surface area contributed by atoms with Crippen molar-refractivity contribution in [2.45, 2.75) is 26.2 Å². The number of nitrogens with zero attached hydrogens (tertiary/aromatic N) is 1. The Morgan fingerprint density at radius 2 is 1.26 bits per heavy atom. The first kappa shape index (κ1) is 22.0. The van der Waals surface area contributed by atoms with Crippen LogP contribution in [0.15, 0.2) is 97.1 Å². The Morgan fingerprint density at radius 1 is 0.774 bits per heavy atom. The number of carbonyl (C=O) groups is 2. The van der Waals surface area contributed by atoms with Crippen LogP contribution in [-0.4, -0.2) is 23.5 Å². The van der Waals surface area contributed by atoms with E-state index in [4.69, 9.17) is 4.84 Å². The number of hydrogen-bond acceptors (Lipinski definition) is 3. The molecule has 0 radical (unpaired) electrons. The molecule has 158 valence electrons. The Kier molecular flexibility index (Phi) is 8.18. The molecule has 0 bridgehead atoms. The van der Waals surface area contributed by atoms with Gasteiger partial charge in [0.1, 0.15) is 0 Å². The molecule has 3 rings (SSSR count). The zero-order valence-electron chi connectivity index (χ0n) is 17.7. The lowest BCUT2D eigenvalue weighted by Gasteiger charge is -2.21. The van der Waals surface area contributed by atoms with Gasteiger partial charge in [0.15, 0.2) is 0 Å². The van der Waals surface area contributed by atoms with Crippen molar-refractivity contribution in [3.05, 3.63) is 114 Å². The van der Waals surface area contributed by atoms with Crippen molar-refractivity contribution in [2.75, 3.05) is 6.54 Å². The molecule has 0 N–H and O–H groups in total. The van der Waals surface area contributed by atoms with Crippen LogP contribution in [0, 0.1) is 0 Å². The molecule has 4 nitrogen and oxygen atoms in total. The number of carbonyl (C=O) groups excluding carboxylic acids is 2. The molecule has 0 aliphatic heterocycles. The van der Waals surface area contributed by atoms with Crippen molar-refractivity contribution >= 4 is 17.4 Å². The zero-order valence-corrected chi connectivity index (χ0v) is 17.7. The molecule has 0 aliphatic carbocycles. The molecule has 0 atom stereocenters. The Balaban J connectivity index is 1.80. The normalized spacial score (nSPS) is 10.2. The third-order valence-electron chi connectivity index (χ3n) is 4.85. The first-order valence-corrected chi connectivity index (χ1v) is 10.6. The summed E-state index contributed by atoms with van der Waals surface area (Å²) in [5.74, 6) is -0.775. The molecule has 0 fully saturated rings. The fraction of sp³-hybridized carbons (Fsp3) is 0.185. The van der Waals surface area contributed by atoms with Crippen molar-refractivity contribution in [1.29, 1.82) is 0 Å². The molecule has 1 amide bonds. The molecule has 31 heavy (non-hydrogen) atoms. The Bertz CT molecular complexity index is 957. The maximum absolute atomic E-state index is 13.0. The highest BCUT2D eigenvalue weighted by molar-refractivity contribution is 5.91. The van der Waals surface area contributed by atoms with Gasteiger partial charge in [0.2, 0.25) is 0 Å². The van der Waals surface area contributed by atoms with Gasteiger partial charge in [-0.15, -0.1) is 0 Å². The van der Waals surface area contributed by atoms with Crippen molar-refractivity contribution in [3.8, 4) is 0 Å². The number of hydroxylamine groups is 2. The van der Waals surface area contributed by atoms with Gasteiger partial charge in [-0.2, -0.15) is 5.06 Å². The van der Waals surface area contributed by atoms with Crippen LogP contribution in [0.25, 0.3) is 5.57 Å². The lowest BCUT2D eigenvalue weighted by Crippen LogP contribution is -2.34. The Morgan fingerprint density at radius 3 is 1.74 bits per heavy atom. The molecule has 3 aromatic carbocycles. The minimum absolute atomic E-state index is 0.130. The molecule has 0 saturated heterocycles. The third-order valence-corrected chi connectivity index (χ3v) is 4.85. The summed E-state index contributed by atoms with van der Waals surface area (Å²) in [5, 5.41) is 1.20.